The summed E-state index contributed by atoms with van der Waals surface area (Å²) in [4.78, 5) is 15.4. The van der Waals surface area contributed by atoms with Crippen LogP contribution in [0.25, 0.3) is 11.0 Å². The van der Waals surface area contributed by atoms with Crippen LogP contribution >= 0.6 is 0 Å². The summed E-state index contributed by atoms with van der Waals surface area (Å²) in [7, 11) is 0. The Kier molecular flexibility index (Phi) is 3.73. The lowest BCUT2D eigenvalue weighted by atomic mass is 10.1. The van der Waals surface area contributed by atoms with Crippen LogP contribution in [0.4, 0.5) is 0 Å². The highest BCUT2D eigenvalue weighted by molar-refractivity contribution is 5.81. The van der Waals surface area contributed by atoms with Gasteiger partial charge >= 0.3 is 5.63 Å². The predicted octanol–water partition coefficient (Wildman–Crippen LogP) is 2.77. The van der Waals surface area contributed by atoms with Crippen molar-refractivity contribution in [3.8, 4) is 5.75 Å². The largest absolute Gasteiger partial charge is 0.493 e. The summed E-state index contributed by atoms with van der Waals surface area (Å²) >= 11 is 0. The van der Waals surface area contributed by atoms with Crippen molar-refractivity contribution in [2.24, 2.45) is 0 Å². The van der Waals surface area contributed by atoms with Gasteiger partial charge in [-0.05, 0) is 31.0 Å². The van der Waals surface area contributed by atoms with Gasteiger partial charge in [-0.3, -0.25) is 0 Å². The molecule has 0 aliphatic rings. The monoisotopic (exact) mass is 284 g/mol. The first kappa shape index (κ1) is 13.4. The fraction of sp³-hybridized carbons (Fsp3) is 0.250. The molecule has 2 aromatic heterocycles. The van der Waals surface area contributed by atoms with Crippen molar-refractivity contribution in [2.75, 3.05) is 6.61 Å². The second-order valence-electron chi connectivity index (χ2n) is 4.91. The zero-order chi connectivity index (χ0) is 14.7. The molecule has 2 heterocycles. The average molecular weight is 284 g/mol. The highest BCUT2D eigenvalue weighted by atomic mass is 16.5. The van der Waals surface area contributed by atoms with Gasteiger partial charge in [0.2, 0.25) is 0 Å². The van der Waals surface area contributed by atoms with Gasteiger partial charge < -0.3 is 13.7 Å². The van der Waals surface area contributed by atoms with Crippen LogP contribution in [0.3, 0.4) is 0 Å². The number of ether oxygens (including phenoxy) is 1. The molecule has 0 unspecified atom stereocenters. The quantitative estimate of drug-likeness (QED) is 0.534. The van der Waals surface area contributed by atoms with E-state index >= 15 is 0 Å². The van der Waals surface area contributed by atoms with E-state index in [-0.39, 0.29) is 5.63 Å². The normalized spacial score (nSPS) is 10.9. The van der Waals surface area contributed by atoms with Crippen molar-refractivity contribution < 1.29 is 9.15 Å². The van der Waals surface area contributed by atoms with Crippen LogP contribution in [0.15, 0.2) is 52.2 Å². The molecule has 0 aliphatic heterocycles. The van der Waals surface area contributed by atoms with Crippen LogP contribution in [0.1, 0.15) is 12.0 Å². The molecule has 0 aliphatic carbocycles. The Balaban J connectivity index is 1.66. The number of hydrogen-bond acceptors (Lipinski definition) is 4. The second kappa shape index (κ2) is 5.83. The smallest absolute Gasteiger partial charge is 0.336 e. The van der Waals surface area contributed by atoms with E-state index < -0.39 is 0 Å². The van der Waals surface area contributed by atoms with Gasteiger partial charge in [0, 0.05) is 36.5 Å². The van der Waals surface area contributed by atoms with Crippen molar-refractivity contribution >= 4 is 11.0 Å². The molecule has 0 atom stereocenters. The number of imidazole rings is 1. The van der Waals surface area contributed by atoms with Gasteiger partial charge in [0.05, 0.1) is 12.9 Å². The number of benzene rings is 1. The Bertz CT molecular complexity index is 791. The first-order chi connectivity index (χ1) is 10.2. The van der Waals surface area contributed by atoms with Gasteiger partial charge in [0.1, 0.15) is 11.3 Å². The molecule has 0 N–H and O–H groups in total. The molecular weight excluding hydrogens is 268 g/mol. The van der Waals surface area contributed by atoms with Crippen LogP contribution in [0.2, 0.25) is 0 Å². The van der Waals surface area contributed by atoms with E-state index in [1.165, 1.54) is 6.07 Å². The Morgan fingerprint density at radius 2 is 2.24 bits per heavy atom. The van der Waals surface area contributed by atoms with E-state index in [9.17, 15) is 4.79 Å². The first-order valence-electron chi connectivity index (χ1n) is 6.85. The minimum Gasteiger partial charge on any atom is -0.493 e. The molecular formula is C16H16N2O3. The third-order valence-electron chi connectivity index (χ3n) is 3.31. The standard InChI is InChI=1S/C16H16N2O3/c1-12-9-16(19)21-15-10-13(3-4-14(12)15)20-8-2-6-18-7-5-17-11-18/h3-5,7,9-11H,2,6,8H2,1H3. The zero-order valence-corrected chi connectivity index (χ0v) is 11.8. The lowest BCUT2D eigenvalue weighted by molar-refractivity contribution is 0.301. The molecule has 0 fully saturated rings. The van der Waals surface area contributed by atoms with Crippen LogP contribution in [-0.4, -0.2) is 16.2 Å². The molecule has 3 rings (SSSR count). The lowest BCUT2D eigenvalue weighted by Crippen LogP contribution is -2.03. The summed E-state index contributed by atoms with van der Waals surface area (Å²) in [6, 6.07) is 7.07. The molecule has 0 bridgehead atoms. The van der Waals surface area contributed by atoms with Crippen molar-refractivity contribution in [1.82, 2.24) is 9.55 Å². The molecule has 108 valence electrons. The minimum atomic E-state index is -0.336. The Morgan fingerprint density at radius 3 is 3.05 bits per heavy atom. The summed E-state index contributed by atoms with van der Waals surface area (Å²) in [5, 5.41) is 0.931. The summed E-state index contributed by atoms with van der Waals surface area (Å²) in [6.07, 6.45) is 6.35. The number of aryl methyl sites for hydroxylation is 2. The maximum absolute atomic E-state index is 11.4. The highest BCUT2D eigenvalue weighted by Crippen LogP contribution is 2.22. The van der Waals surface area contributed by atoms with Gasteiger partial charge in [0.25, 0.3) is 0 Å². The number of rotatable bonds is 5. The van der Waals surface area contributed by atoms with E-state index in [1.807, 2.05) is 29.8 Å². The second-order valence-corrected chi connectivity index (χ2v) is 4.91. The maximum atomic E-state index is 11.4. The van der Waals surface area contributed by atoms with Crippen LogP contribution in [-0.2, 0) is 6.54 Å². The number of fused-ring (bicyclic) bond motifs is 1. The fourth-order valence-corrected chi connectivity index (χ4v) is 2.25. The summed E-state index contributed by atoms with van der Waals surface area (Å²) < 4.78 is 12.9. The van der Waals surface area contributed by atoms with Crippen LogP contribution in [0.5, 0.6) is 5.75 Å². The predicted molar refractivity (Wildman–Crippen MR) is 79.6 cm³/mol. The maximum Gasteiger partial charge on any atom is 0.336 e. The lowest BCUT2D eigenvalue weighted by Gasteiger charge is -2.08. The highest BCUT2D eigenvalue weighted by Gasteiger charge is 2.04. The van der Waals surface area contributed by atoms with Gasteiger partial charge in [-0.1, -0.05) is 0 Å². The van der Waals surface area contributed by atoms with E-state index in [1.54, 1.807) is 18.6 Å². The molecule has 0 amide bonds. The molecule has 21 heavy (non-hydrogen) atoms. The van der Waals surface area contributed by atoms with Gasteiger partial charge in [-0.25, -0.2) is 9.78 Å². The summed E-state index contributed by atoms with van der Waals surface area (Å²) in [6.45, 7) is 3.35. The van der Waals surface area contributed by atoms with Crippen molar-refractivity contribution in [3.05, 3.63) is 59.0 Å². The van der Waals surface area contributed by atoms with Gasteiger partial charge in [-0.2, -0.15) is 0 Å². The number of hydrogen-bond donors (Lipinski definition) is 0. The van der Waals surface area contributed by atoms with Crippen molar-refractivity contribution in [1.29, 1.82) is 0 Å². The minimum absolute atomic E-state index is 0.336. The number of aromatic nitrogens is 2. The molecule has 3 aromatic rings. The van der Waals surface area contributed by atoms with Crippen molar-refractivity contribution in [2.45, 2.75) is 19.9 Å². The van der Waals surface area contributed by atoms with Crippen molar-refractivity contribution in [3.63, 3.8) is 0 Å². The molecule has 0 saturated heterocycles. The molecule has 0 spiro atoms. The zero-order valence-electron chi connectivity index (χ0n) is 11.8. The van der Waals surface area contributed by atoms with E-state index in [2.05, 4.69) is 4.98 Å². The third kappa shape index (κ3) is 3.13. The molecule has 0 radical (unpaired) electrons. The summed E-state index contributed by atoms with van der Waals surface area (Å²) in [5.41, 5.74) is 1.14. The molecule has 5 heteroatoms. The molecule has 0 saturated carbocycles. The molecule has 5 nitrogen and oxygen atoms in total. The summed E-state index contributed by atoms with van der Waals surface area (Å²) in [5.74, 6) is 0.710. The van der Waals surface area contributed by atoms with E-state index in [0.717, 1.165) is 23.9 Å². The Labute approximate surface area is 121 Å². The first-order valence-corrected chi connectivity index (χ1v) is 6.85. The molecule has 1 aromatic carbocycles. The number of nitrogens with zero attached hydrogens (tertiary/aromatic N) is 2. The third-order valence-corrected chi connectivity index (χ3v) is 3.31. The SMILES string of the molecule is Cc1cc(=O)oc2cc(OCCCn3ccnc3)ccc12. The Morgan fingerprint density at radius 1 is 1.33 bits per heavy atom. The van der Waals surface area contributed by atoms with E-state index in [4.69, 9.17) is 9.15 Å². The van der Waals surface area contributed by atoms with Gasteiger partial charge in [-0.15, -0.1) is 0 Å². The average Bonchev–Trinajstić information content (AvgIpc) is 2.96. The Hall–Kier alpha value is -2.56. The fourth-order valence-electron chi connectivity index (χ4n) is 2.25. The van der Waals surface area contributed by atoms with Gasteiger partial charge in [0.15, 0.2) is 0 Å². The topological polar surface area (TPSA) is 57.3 Å². The van der Waals surface area contributed by atoms with Crippen LogP contribution < -0.4 is 10.4 Å². The van der Waals surface area contributed by atoms with Crippen LogP contribution in [0, 0.1) is 6.92 Å². The van der Waals surface area contributed by atoms with E-state index in [0.29, 0.717) is 17.9 Å².